The maximum Gasteiger partial charge on any atom is 0.306 e. The lowest BCUT2D eigenvalue weighted by atomic mass is 10.1. The molecule has 0 aliphatic rings. The second-order valence-corrected chi connectivity index (χ2v) is 18.1. The average Bonchev–Trinajstić information content (AvgIpc) is 3.35. The fourth-order valence-electron chi connectivity index (χ4n) is 7.23. The van der Waals surface area contributed by atoms with Crippen molar-refractivity contribution in [1.82, 2.24) is 0 Å². The Morgan fingerprint density at radius 1 is 0.304 bits per heavy atom. The quantitative estimate of drug-likeness (QED) is 0.0262. The van der Waals surface area contributed by atoms with E-state index in [1.54, 1.807) is 0 Å². The van der Waals surface area contributed by atoms with Gasteiger partial charge in [-0.1, -0.05) is 219 Å². The molecule has 0 aromatic rings. The highest BCUT2D eigenvalue weighted by molar-refractivity contribution is 5.71. The van der Waals surface area contributed by atoms with Gasteiger partial charge in [-0.25, -0.2) is 0 Å². The van der Waals surface area contributed by atoms with Gasteiger partial charge in [0.2, 0.25) is 0 Å². The molecule has 0 aliphatic heterocycles. The zero-order valence-electron chi connectivity index (χ0n) is 44.5. The molecule has 1 atom stereocenters. The first kappa shape index (κ1) is 64.8. The molecular weight excluding hydrogens is 853 g/mol. The third-order valence-electron chi connectivity index (χ3n) is 11.4. The van der Waals surface area contributed by atoms with Gasteiger partial charge < -0.3 is 14.2 Å². The normalized spacial score (nSPS) is 13.0. The Balaban J connectivity index is 4.57. The smallest absolute Gasteiger partial charge is 0.306 e. The van der Waals surface area contributed by atoms with Gasteiger partial charge in [-0.05, 0) is 122 Å². The van der Waals surface area contributed by atoms with E-state index in [0.29, 0.717) is 19.3 Å². The number of ether oxygens (including phenoxy) is 3. The maximum absolute atomic E-state index is 12.8. The second-order valence-electron chi connectivity index (χ2n) is 18.1. The summed E-state index contributed by atoms with van der Waals surface area (Å²) in [6.45, 7) is 6.39. The molecule has 390 valence electrons. The molecule has 0 bridgehead atoms. The van der Waals surface area contributed by atoms with Crippen LogP contribution in [0.1, 0.15) is 239 Å². The summed E-state index contributed by atoms with van der Waals surface area (Å²) in [5.74, 6) is -1.04. The Labute approximate surface area is 424 Å². The van der Waals surface area contributed by atoms with E-state index in [0.717, 1.165) is 116 Å². The zero-order chi connectivity index (χ0) is 50.0. The minimum atomic E-state index is -0.826. The molecule has 0 radical (unpaired) electrons. The van der Waals surface area contributed by atoms with Crippen molar-refractivity contribution in [1.29, 1.82) is 0 Å². The summed E-state index contributed by atoms with van der Waals surface area (Å²) in [7, 11) is 0. The van der Waals surface area contributed by atoms with Gasteiger partial charge in [-0.2, -0.15) is 0 Å². The van der Waals surface area contributed by atoms with Gasteiger partial charge >= 0.3 is 17.9 Å². The summed E-state index contributed by atoms with van der Waals surface area (Å²) < 4.78 is 16.8. The largest absolute Gasteiger partial charge is 0.462 e. The van der Waals surface area contributed by atoms with Crippen molar-refractivity contribution in [2.75, 3.05) is 13.2 Å². The number of carbonyl (C=O) groups excluding carboxylic acids is 3. The van der Waals surface area contributed by atoms with Crippen LogP contribution in [0.25, 0.3) is 0 Å². The van der Waals surface area contributed by atoms with Crippen LogP contribution in [0.15, 0.2) is 122 Å². The number of hydrogen-bond donors (Lipinski definition) is 0. The van der Waals surface area contributed by atoms with E-state index in [2.05, 4.69) is 136 Å². The molecule has 0 aliphatic carbocycles. The Morgan fingerprint density at radius 3 is 1.01 bits per heavy atom. The summed E-state index contributed by atoms with van der Waals surface area (Å²) in [6.07, 6.45) is 77.6. The number of carbonyl (C=O) groups is 3. The number of unbranched alkanes of at least 4 members (excludes halogenated alkanes) is 18. The number of rotatable bonds is 49. The Kier molecular flexibility index (Phi) is 53.0. The molecule has 6 heteroatoms. The van der Waals surface area contributed by atoms with E-state index in [1.165, 1.54) is 77.0 Å². The van der Waals surface area contributed by atoms with Gasteiger partial charge in [0.15, 0.2) is 6.10 Å². The summed E-state index contributed by atoms with van der Waals surface area (Å²) in [5, 5.41) is 0. The number of hydrogen-bond acceptors (Lipinski definition) is 6. The van der Waals surface area contributed by atoms with Gasteiger partial charge in [0.25, 0.3) is 0 Å². The Hall–Kier alpha value is -4.19. The molecule has 69 heavy (non-hydrogen) atoms. The van der Waals surface area contributed by atoms with Crippen molar-refractivity contribution < 1.29 is 28.6 Å². The van der Waals surface area contributed by atoms with Gasteiger partial charge in [-0.3, -0.25) is 14.4 Å². The molecule has 6 nitrogen and oxygen atoms in total. The molecule has 0 saturated carbocycles. The molecule has 0 aromatic carbocycles. The first-order valence-electron chi connectivity index (χ1n) is 28.0. The van der Waals surface area contributed by atoms with E-state index in [9.17, 15) is 14.4 Å². The highest BCUT2D eigenvalue weighted by atomic mass is 16.6. The summed E-state index contributed by atoms with van der Waals surface area (Å²) in [5.41, 5.74) is 0. The third kappa shape index (κ3) is 54.6. The van der Waals surface area contributed by atoms with Crippen LogP contribution in [0.5, 0.6) is 0 Å². The molecule has 0 spiro atoms. The van der Waals surface area contributed by atoms with Crippen LogP contribution < -0.4 is 0 Å². The van der Waals surface area contributed by atoms with E-state index >= 15 is 0 Å². The van der Waals surface area contributed by atoms with Gasteiger partial charge in [0, 0.05) is 19.3 Å². The summed E-state index contributed by atoms with van der Waals surface area (Å²) >= 11 is 0. The van der Waals surface area contributed by atoms with Crippen molar-refractivity contribution >= 4 is 17.9 Å². The van der Waals surface area contributed by atoms with E-state index in [4.69, 9.17) is 14.2 Å². The van der Waals surface area contributed by atoms with Gasteiger partial charge in [0.05, 0.1) is 0 Å². The fraction of sp³-hybridized carbons (Fsp3) is 0.635. The predicted octanol–water partition coefficient (Wildman–Crippen LogP) is 18.9. The molecule has 0 amide bonds. The maximum atomic E-state index is 12.8. The van der Waals surface area contributed by atoms with Crippen LogP contribution >= 0.6 is 0 Å². The standard InChI is InChI=1S/C63H102O6/c1-4-7-10-13-16-19-22-25-28-30-31-33-36-38-41-44-47-50-53-56-62(65)68-59-60(69-63(66)57-54-51-48-45-42-39-34-27-24-21-18-15-12-9-6-3)58-67-61(64)55-52-49-46-43-40-37-35-32-29-26-23-20-17-14-11-8-5-2/h8,11,16-17,19-20,25-29,31,33-35,37-38,41,47,50,60H,4-7,9-10,12-15,18,21-24,30,32,36,39-40,42-46,48-49,51-59H2,1-3H3/b11-8-,19-16-,20-17-,28-25-,29-26-,33-31-,34-27-,37-35-,41-38-,50-47-/t60-/m1/s1. The van der Waals surface area contributed by atoms with Crippen LogP contribution in [0.4, 0.5) is 0 Å². The molecule has 0 N–H and O–H groups in total. The third-order valence-corrected chi connectivity index (χ3v) is 11.4. The van der Waals surface area contributed by atoms with Crippen molar-refractivity contribution in [2.45, 2.75) is 245 Å². The molecule has 0 saturated heterocycles. The molecular formula is C63H102O6. The molecule has 0 aromatic heterocycles. The minimum Gasteiger partial charge on any atom is -0.462 e. The summed E-state index contributed by atoms with van der Waals surface area (Å²) in [6, 6.07) is 0. The molecule has 0 unspecified atom stereocenters. The van der Waals surface area contributed by atoms with E-state index in [1.807, 2.05) is 6.08 Å². The van der Waals surface area contributed by atoms with Crippen molar-refractivity contribution in [3.8, 4) is 0 Å². The monoisotopic (exact) mass is 955 g/mol. The van der Waals surface area contributed by atoms with E-state index in [-0.39, 0.29) is 37.5 Å². The highest BCUT2D eigenvalue weighted by Crippen LogP contribution is 2.13. The SMILES string of the molecule is CC/C=C\C/C=C\C/C=C\C/C=C\CCCCCCC(=O)OC[C@H](COC(=O)CC/C=C\C/C=C\C/C=C\C/C=C\C/C=C\CCCCC)OC(=O)CCCCCCC/C=C\CCCCCCCC. The Bertz CT molecular complexity index is 1470. The van der Waals surface area contributed by atoms with Crippen LogP contribution in [-0.4, -0.2) is 37.2 Å². The second kappa shape index (κ2) is 56.4. The van der Waals surface area contributed by atoms with Crippen molar-refractivity contribution in [3.63, 3.8) is 0 Å². The van der Waals surface area contributed by atoms with Crippen LogP contribution in [0.3, 0.4) is 0 Å². The number of allylic oxidation sites excluding steroid dienone is 20. The topological polar surface area (TPSA) is 78.9 Å². The van der Waals surface area contributed by atoms with Crippen molar-refractivity contribution in [3.05, 3.63) is 122 Å². The highest BCUT2D eigenvalue weighted by Gasteiger charge is 2.19. The van der Waals surface area contributed by atoms with Crippen LogP contribution in [0, 0.1) is 0 Å². The molecule has 0 rings (SSSR count). The lowest BCUT2D eigenvalue weighted by Crippen LogP contribution is -2.30. The van der Waals surface area contributed by atoms with Crippen molar-refractivity contribution in [2.24, 2.45) is 0 Å². The van der Waals surface area contributed by atoms with Gasteiger partial charge in [-0.15, -0.1) is 0 Å². The fourth-order valence-corrected chi connectivity index (χ4v) is 7.23. The predicted molar refractivity (Wildman–Crippen MR) is 297 cm³/mol. The average molecular weight is 956 g/mol. The van der Waals surface area contributed by atoms with Crippen LogP contribution in [-0.2, 0) is 28.6 Å². The lowest BCUT2D eigenvalue weighted by molar-refractivity contribution is -0.166. The Morgan fingerprint density at radius 2 is 0.594 bits per heavy atom. The van der Waals surface area contributed by atoms with E-state index < -0.39 is 6.10 Å². The van der Waals surface area contributed by atoms with Crippen LogP contribution in [0.2, 0.25) is 0 Å². The first-order chi connectivity index (χ1) is 34.0. The first-order valence-corrected chi connectivity index (χ1v) is 28.0. The zero-order valence-corrected chi connectivity index (χ0v) is 44.5. The van der Waals surface area contributed by atoms with Gasteiger partial charge in [0.1, 0.15) is 13.2 Å². The molecule has 0 heterocycles. The minimum absolute atomic E-state index is 0.120. The molecule has 0 fully saturated rings. The lowest BCUT2D eigenvalue weighted by Gasteiger charge is -2.18. The number of esters is 3. The summed E-state index contributed by atoms with van der Waals surface area (Å²) in [4.78, 5) is 38.1.